The summed E-state index contributed by atoms with van der Waals surface area (Å²) >= 11 is 0. The molecule has 0 saturated heterocycles. The number of nitrogens with one attached hydrogen (secondary N) is 1. The van der Waals surface area contributed by atoms with E-state index in [4.69, 9.17) is 0 Å². The van der Waals surface area contributed by atoms with Crippen LogP contribution in [0.5, 0.6) is 0 Å². The Morgan fingerprint density at radius 2 is 1.89 bits per heavy atom. The molecule has 1 aromatic carbocycles. The molecular formula is C15H21F2N. The Balaban J connectivity index is 2.71. The summed E-state index contributed by atoms with van der Waals surface area (Å²) in [6.45, 7) is 8.85. The number of halogens is 2. The molecule has 1 nitrogen and oxygen atoms in total. The van der Waals surface area contributed by atoms with E-state index in [2.05, 4.69) is 18.8 Å². The third kappa shape index (κ3) is 5.41. The highest BCUT2D eigenvalue weighted by atomic mass is 19.1. The van der Waals surface area contributed by atoms with Crippen molar-refractivity contribution >= 4 is 0 Å². The summed E-state index contributed by atoms with van der Waals surface area (Å²) in [7, 11) is 0. The first-order valence-corrected chi connectivity index (χ1v) is 6.34. The molecule has 0 amide bonds. The van der Waals surface area contributed by atoms with E-state index in [0.29, 0.717) is 12.0 Å². The zero-order valence-electron chi connectivity index (χ0n) is 11.1. The van der Waals surface area contributed by atoms with Crippen molar-refractivity contribution in [2.45, 2.75) is 39.2 Å². The van der Waals surface area contributed by atoms with Crippen molar-refractivity contribution in [3.8, 4) is 0 Å². The van der Waals surface area contributed by atoms with Gasteiger partial charge in [-0.1, -0.05) is 12.5 Å². The molecule has 3 heteroatoms. The fourth-order valence-corrected chi connectivity index (χ4v) is 2.00. The van der Waals surface area contributed by atoms with Crippen LogP contribution in [-0.4, -0.2) is 12.6 Å². The molecule has 1 unspecified atom stereocenters. The lowest BCUT2D eigenvalue weighted by molar-refractivity contribution is 0.499. The second kappa shape index (κ2) is 7.27. The van der Waals surface area contributed by atoms with Crippen LogP contribution < -0.4 is 5.32 Å². The molecule has 0 aromatic heterocycles. The first-order valence-electron chi connectivity index (χ1n) is 6.34. The van der Waals surface area contributed by atoms with Crippen LogP contribution in [0, 0.1) is 11.6 Å². The lowest BCUT2D eigenvalue weighted by atomic mass is 10.00. The van der Waals surface area contributed by atoms with Crippen molar-refractivity contribution in [3.05, 3.63) is 47.5 Å². The van der Waals surface area contributed by atoms with Gasteiger partial charge in [-0.15, -0.1) is 6.58 Å². The van der Waals surface area contributed by atoms with Crippen LogP contribution in [-0.2, 0) is 6.42 Å². The predicted molar refractivity (Wildman–Crippen MR) is 71.6 cm³/mol. The molecule has 0 spiro atoms. The van der Waals surface area contributed by atoms with Crippen LogP contribution in [0.15, 0.2) is 30.4 Å². The normalized spacial score (nSPS) is 12.4. The zero-order valence-corrected chi connectivity index (χ0v) is 11.1. The summed E-state index contributed by atoms with van der Waals surface area (Å²) in [6, 6.07) is 3.87. The molecule has 100 valence electrons. The molecule has 0 bridgehead atoms. The summed E-state index contributed by atoms with van der Waals surface area (Å²) in [6.07, 6.45) is 2.46. The van der Waals surface area contributed by atoms with Gasteiger partial charge in [0, 0.05) is 12.1 Å². The van der Waals surface area contributed by atoms with Gasteiger partial charge in [-0.25, -0.2) is 8.78 Å². The molecule has 1 aromatic rings. The van der Waals surface area contributed by atoms with E-state index in [1.54, 1.807) is 0 Å². The van der Waals surface area contributed by atoms with E-state index in [-0.39, 0.29) is 6.04 Å². The lowest BCUT2D eigenvalue weighted by Crippen LogP contribution is -2.32. The smallest absolute Gasteiger partial charge is 0.126 e. The Kier molecular flexibility index (Phi) is 5.99. The van der Waals surface area contributed by atoms with Gasteiger partial charge in [0.1, 0.15) is 11.6 Å². The molecule has 0 radical (unpaired) electrons. The molecule has 0 aliphatic carbocycles. The molecule has 1 atom stereocenters. The van der Waals surface area contributed by atoms with Gasteiger partial charge < -0.3 is 5.32 Å². The number of hydrogen-bond donors (Lipinski definition) is 1. The fraction of sp³-hybridized carbons (Fsp3) is 0.467. The largest absolute Gasteiger partial charge is 0.313 e. The number of benzene rings is 1. The second-order valence-electron chi connectivity index (χ2n) is 4.79. The summed E-state index contributed by atoms with van der Waals surface area (Å²) < 4.78 is 26.2. The van der Waals surface area contributed by atoms with Gasteiger partial charge in [-0.2, -0.15) is 0 Å². The number of hydrogen-bond acceptors (Lipinski definition) is 1. The van der Waals surface area contributed by atoms with Gasteiger partial charge in [0.25, 0.3) is 0 Å². The molecule has 0 saturated carbocycles. The summed E-state index contributed by atoms with van der Waals surface area (Å²) in [5.41, 5.74) is 1.75. The molecule has 18 heavy (non-hydrogen) atoms. The zero-order chi connectivity index (χ0) is 13.5. The quantitative estimate of drug-likeness (QED) is 0.728. The standard InChI is InChI=1S/C15H21F2N/c1-4-5-18-15(6-11(2)3)9-12-7-13(16)10-14(17)8-12/h7-8,10,15,18H,2,4-6,9H2,1,3H3. The van der Waals surface area contributed by atoms with Crippen molar-refractivity contribution in [2.24, 2.45) is 0 Å². The third-order valence-corrected chi connectivity index (χ3v) is 2.68. The highest BCUT2D eigenvalue weighted by Crippen LogP contribution is 2.13. The maximum absolute atomic E-state index is 13.1. The summed E-state index contributed by atoms with van der Waals surface area (Å²) in [5.74, 6) is -1.04. The first kappa shape index (κ1) is 14.8. The van der Waals surface area contributed by atoms with Crippen molar-refractivity contribution in [1.29, 1.82) is 0 Å². The number of rotatable bonds is 7. The molecule has 0 aliphatic rings. The molecular weight excluding hydrogens is 232 g/mol. The Hall–Kier alpha value is -1.22. The maximum Gasteiger partial charge on any atom is 0.126 e. The highest BCUT2D eigenvalue weighted by molar-refractivity contribution is 5.19. The molecule has 1 N–H and O–H groups in total. The van der Waals surface area contributed by atoms with Crippen molar-refractivity contribution in [1.82, 2.24) is 5.32 Å². The van der Waals surface area contributed by atoms with E-state index in [0.717, 1.165) is 31.0 Å². The van der Waals surface area contributed by atoms with E-state index < -0.39 is 11.6 Å². The Labute approximate surface area is 108 Å². The summed E-state index contributed by atoms with van der Waals surface area (Å²) in [4.78, 5) is 0. The highest BCUT2D eigenvalue weighted by Gasteiger charge is 2.10. The monoisotopic (exact) mass is 253 g/mol. The summed E-state index contributed by atoms with van der Waals surface area (Å²) in [5, 5.41) is 3.38. The minimum atomic E-state index is -0.519. The van der Waals surface area contributed by atoms with Crippen LogP contribution in [0.25, 0.3) is 0 Å². The van der Waals surface area contributed by atoms with Gasteiger partial charge >= 0.3 is 0 Å². The van der Waals surface area contributed by atoms with Crippen molar-refractivity contribution in [3.63, 3.8) is 0 Å². The van der Waals surface area contributed by atoms with E-state index in [1.165, 1.54) is 12.1 Å². The van der Waals surface area contributed by atoms with Crippen LogP contribution in [0.1, 0.15) is 32.3 Å². The van der Waals surface area contributed by atoms with Gasteiger partial charge in [0.2, 0.25) is 0 Å². The SMILES string of the molecule is C=C(C)CC(Cc1cc(F)cc(F)c1)NCCC. The van der Waals surface area contributed by atoms with E-state index in [9.17, 15) is 8.78 Å². The Morgan fingerprint density at radius 3 is 2.39 bits per heavy atom. The minimum Gasteiger partial charge on any atom is -0.313 e. The van der Waals surface area contributed by atoms with Crippen LogP contribution >= 0.6 is 0 Å². The Morgan fingerprint density at radius 1 is 1.28 bits per heavy atom. The molecule has 0 fully saturated rings. The second-order valence-corrected chi connectivity index (χ2v) is 4.79. The molecule has 0 heterocycles. The fourth-order valence-electron chi connectivity index (χ4n) is 2.00. The van der Waals surface area contributed by atoms with Gasteiger partial charge in [0.15, 0.2) is 0 Å². The predicted octanol–water partition coefficient (Wildman–Crippen LogP) is 3.84. The minimum absolute atomic E-state index is 0.184. The van der Waals surface area contributed by atoms with Gasteiger partial charge in [-0.05, 0) is 50.4 Å². The third-order valence-electron chi connectivity index (χ3n) is 2.68. The van der Waals surface area contributed by atoms with Crippen molar-refractivity contribution < 1.29 is 8.78 Å². The molecule has 0 aliphatic heterocycles. The average Bonchev–Trinajstić information content (AvgIpc) is 2.23. The van der Waals surface area contributed by atoms with Gasteiger partial charge in [0.05, 0.1) is 0 Å². The van der Waals surface area contributed by atoms with Crippen LogP contribution in [0.4, 0.5) is 8.78 Å². The molecule has 1 rings (SSSR count). The Bertz CT molecular complexity index is 381. The maximum atomic E-state index is 13.1. The van der Waals surface area contributed by atoms with Gasteiger partial charge in [-0.3, -0.25) is 0 Å². The topological polar surface area (TPSA) is 12.0 Å². The average molecular weight is 253 g/mol. The van der Waals surface area contributed by atoms with Crippen LogP contribution in [0.3, 0.4) is 0 Å². The lowest BCUT2D eigenvalue weighted by Gasteiger charge is -2.18. The van der Waals surface area contributed by atoms with Crippen molar-refractivity contribution in [2.75, 3.05) is 6.54 Å². The first-order chi connectivity index (χ1) is 8.51. The van der Waals surface area contributed by atoms with E-state index >= 15 is 0 Å². The van der Waals surface area contributed by atoms with E-state index in [1.807, 2.05) is 6.92 Å². The van der Waals surface area contributed by atoms with Crippen LogP contribution in [0.2, 0.25) is 0 Å².